The van der Waals surface area contributed by atoms with Gasteiger partial charge in [-0.15, -0.1) is 0 Å². The van der Waals surface area contributed by atoms with Crippen LogP contribution in [-0.4, -0.2) is 26.0 Å². The SMILES string of the molecule is CSC(C)Cn1c(N)nc2cc(Cl)cnc21. The largest absolute Gasteiger partial charge is 0.369 e. The van der Waals surface area contributed by atoms with Crippen LogP contribution in [0.15, 0.2) is 12.3 Å². The molecule has 86 valence electrons. The lowest BCUT2D eigenvalue weighted by atomic mass is 10.4. The fraction of sp³-hybridized carbons (Fsp3) is 0.400. The average Bonchev–Trinajstić information content (AvgIpc) is 2.54. The summed E-state index contributed by atoms with van der Waals surface area (Å²) in [5.41, 5.74) is 7.41. The highest BCUT2D eigenvalue weighted by Crippen LogP contribution is 2.21. The van der Waals surface area contributed by atoms with Gasteiger partial charge in [-0.1, -0.05) is 18.5 Å². The van der Waals surface area contributed by atoms with Crippen LogP contribution in [0.1, 0.15) is 6.92 Å². The van der Waals surface area contributed by atoms with Crippen LogP contribution in [0.3, 0.4) is 0 Å². The molecule has 1 atom stereocenters. The van der Waals surface area contributed by atoms with Gasteiger partial charge < -0.3 is 5.73 Å². The number of thioether (sulfide) groups is 1. The number of aromatic nitrogens is 3. The number of anilines is 1. The normalized spacial score (nSPS) is 13.2. The first-order valence-corrected chi connectivity index (χ1v) is 6.58. The van der Waals surface area contributed by atoms with Gasteiger partial charge in [-0.25, -0.2) is 9.97 Å². The molecule has 0 fully saturated rings. The maximum absolute atomic E-state index is 5.87. The molecule has 4 nitrogen and oxygen atoms in total. The van der Waals surface area contributed by atoms with E-state index in [1.54, 1.807) is 24.0 Å². The molecule has 2 aromatic heterocycles. The van der Waals surface area contributed by atoms with E-state index in [4.69, 9.17) is 17.3 Å². The molecule has 0 aliphatic rings. The minimum atomic E-state index is 0.470. The summed E-state index contributed by atoms with van der Waals surface area (Å²) < 4.78 is 1.92. The van der Waals surface area contributed by atoms with Gasteiger partial charge in [0.1, 0.15) is 5.52 Å². The highest BCUT2D eigenvalue weighted by Gasteiger charge is 2.12. The fourth-order valence-corrected chi connectivity index (χ4v) is 1.97. The van der Waals surface area contributed by atoms with Gasteiger partial charge in [-0.05, 0) is 12.3 Å². The van der Waals surface area contributed by atoms with Crippen molar-refractivity contribution in [1.29, 1.82) is 0 Å². The number of rotatable bonds is 3. The molecule has 16 heavy (non-hydrogen) atoms. The van der Waals surface area contributed by atoms with Crippen LogP contribution in [0.25, 0.3) is 11.2 Å². The van der Waals surface area contributed by atoms with Gasteiger partial charge in [0, 0.05) is 18.0 Å². The van der Waals surface area contributed by atoms with E-state index in [9.17, 15) is 0 Å². The topological polar surface area (TPSA) is 56.7 Å². The highest BCUT2D eigenvalue weighted by atomic mass is 35.5. The van der Waals surface area contributed by atoms with Gasteiger partial charge in [-0.2, -0.15) is 11.8 Å². The highest BCUT2D eigenvalue weighted by molar-refractivity contribution is 7.99. The minimum Gasteiger partial charge on any atom is -0.369 e. The zero-order valence-electron chi connectivity index (χ0n) is 9.14. The molecule has 0 saturated carbocycles. The Labute approximate surface area is 103 Å². The van der Waals surface area contributed by atoms with Crippen molar-refractivity contribution in [1.82, 2.24) is 14.5 Å². The summed E-state index contributed by atoms with van der Waals surface area (Å²) in [7, 11) is 0. The summed E-state index contributed by atoms with van der Waals surface area (Å²) in [5, 5.41) is 1.05. The second kappa shape index (κ2) is 4.51. The van der Waals surface area contributed by atoms with Crippen LogP contribution in [0, 0.1) is 0 Å². The Bertz CT molecular complexity index is 511. The van der Waals surface area contributed by atoms with E-state index in [-0.39, 0.29) is 0 Å². The number of halogens is 1. The van der Waals surface area contributed by atoms with E-state index in [2.05, 4.69) is 23.1 Å². The minimum absolute atomic E-state index is 0.470. The third kappa shape index (κ3) is 2.10. The van der Waals surface area contributed by atoms with Crippen molar-refractivity contribution >= 4 is 40.5 Å². The van der Waals surface area contributed by atoms with Crippen molar-refractivity contribution < 1.29 is 0 Å². The van der Waals surface area contributed by atoms with Crippen LogP contribution >= 0.6 is 23.4 Å². The summed E-state index contributed by atoms with van der Waals surface area (Å²) in [5.74, 6) is 0.491. The lowest BCUT2D eigenvalue weighted by molar-refractivity contribution is 0.715. The lowest BCUT2D eigenvalue weighted by Gasteiger charge is -2.10. The van der Waals surface area contributed by atoms with Crippen LogP contribution in [-0.2, 0) is 6.54 Å². The number of fused-ring (bicyclic) bond motifs is 1. The summed E-state index contributed by atoms with van der Waals surface area (Å²) >= 11 is 7.64. The molecule has 1 unspecified atom stereocenters. The standard InChI is InChI=1S/C10H13ClN4S/c1-6(16-2)5-15-9-8(14-10(15)12)3-7(11)4-13-9/h3-4,6H,5H2,1-2H3,(H2,12,14). The van der Waals surface area contributed by atoms with Crippen LogP contribution in [0.2, 0.25) is 5.02 Å². The molecule has 2 heterocycles. The van der Waals surface area contributed by atoms with E-state index in [1.165, 1.54) is 0 Å². The molecule has 0 amide bonds. The van der Waals surface area contributed by atoms with Crippen molar-refractivity contribution in [3.05, 3.63) is 17.3 Å². The van der Waals surface area contributed by atoms with Crippen molar-refractivity contribution in [3.63, 3.8) is 0 Å². The average molecular weight is 257 g/mol. The van der Waals surface area contributed by atoms with Crippen LogP contribution < -0.4 is 5.73 Å². The number of imidazole rings is 1. The molecular formula is C10H13ClN4S. The molecule has 0 aromatic carbocycles. The van der Waals surface area contributed by atoms with Crippen molar-refractivity contribution in [2.24, 2.45) is 0 Å². The van der Waals surface area contributed by atoms with E-state index in [1.807, 2.05) is 4.57 Å². The molecule has 0 aliphatic heterocycles. The first-order chi connectivity index (χ1) is 7.61. The van der Waals surface area contributed by atoms with E-state index >= 15 is 0 Å². The molecule has 0 bridgehead atoms. The number of hydrogen-bond acceptors (Lipinski definition) is 4. The molecule has 6 heteroatoms. The Morgan fingerprint density at radius 3 is 3.06 bits per heavy atom. The van der Waals surface area contributed by atoms with Gasteiger partial charge in [0.15, 0.2) is 5.65 Å². The third-order valence-electron chi connectivity index (χ3n) is 2.42. The molecule has 0 spiro atoms. The van der Waals surface area contributed by atoms with Crippen LogP contribution in [0.4, 0.5) is 5.95 Å². The Hall–Kier alpha value is -0.940. The van der Waals surface area contributed by atoms with Gasteiger partial charge in [-0.3, -0.25) is 4.57 Å². The molecule has 0 radical (unpaired) electrons. The fourth-order valence-electron chi connectivity index (χ4n) is 1.52. The van der Waals surface area contributed by atoms with E-state index < -0.39 is 0 Å². The second-order valence-electron chi connectivity index (χ2n) is 3.62. The van der Waals surface area contributed by atoms with Gasteiger partial charge >= 0.3 is 0 Å². The summed E-state index contributed by atoms with van der Waals surface area (Å²) in [6.45, 7) is 2.95. The number of hydrogen-bond donors (Lipinski definition) is 1. The molecule has 2 rings (SSSR count). The van der Waals surface area contributed by atoms with Gasteiger partial charge in [0.2, 0.25) is 5.95 Å². The summed E-state index contributed by atoms with van der Waals surface area (Å²) in [6.07, 6.45) is 3.69. The van der Waals surface area contributed by atoms with Gasteiger partial charge in [0.25, 0.3) is 0 Å². The first-order valence-electron chi connectivity index (χ1n) is 4.92. The van der Waals surface area contributed by atoms with E-state index in [0.717, 1.165) is 17.7 Å². The molecular weight excluding hydrogens is 244 g/mol. The molecule has 2 N–H and O–H groups in total. The number of pyridine rings is 1. The quantitative estimate of drug-likeness (QED) is 0.916. The van der Waals surface area contributed by atoms with Crippen molar-refractivity contribution in [3.8, 4) is 0 Å². The van der Waals surface area contributed by atoms with Crippen molar-refractivity contribution in [2.75, 3.05) is 12.0 Å². The summed E-state index contributed by atoms with van der Waals surface area (Å²) in [4.78, 5) is 8.51. The lowest BCUT2D eigenvalue weighted by Crippen LogP contribution is -2.12. The maximum atomic E-state index is 5.87. The van der Waals surface area contributed by atoms with Crippen molar-refractivity contribution in [2.45, 2.75) is 18.7 Å². The number of nitrogens with zero attached hydrogens (tertiary/aromatic N) is 3. The first kappa shape index (κ1) is 11.5. The Balaban J connectivity index is 2.47. The zero-order chi connectivity index (χ0) is 11.7. The number of nitrogens with two attached hydrogens (primary N) is 1. The smallest absolute Gasteiger partial charge is 0.202 e. The summed E-state index contributed by atoms with van der Waals surface area (Å²) in [6, 6.07) is 1.78. The Kier molecular flexibility index (Phi) is 3.25. The molecule has 0 saturated heterocycles. The maximum Gasteiger partial charge on any atom is 0.202 e. The van der Waals surface area contributed by atoms with E-state index in [0.29, 0.717) is 16.2 Å². The predicted octanol–water partition coefficient (Wildman–Crippen LogP) is 2.42. The zero-order valence-corrected chi connectivity index (χ0v) is 10.7. The predicted molar refractivity (Wildman–Crippen MR) is 69.9 cm³/mol. The van der Waals surface area contributed by atoms with Gasteiger partial charge in [0.05, 0.1) is 5.02 Å². The monoisotopic (exact) mass is 256 g/mol. The number of nitrogen functional groups attached to an aromatic ring is 1. The molecule has 0 aliphatic carbocycles. The second-order valence-corrected chi connectivity index (χ2v) is 5.34. The Morgan fingerprint density at radius 2 is 2.38 bits per heavy atom. The van der Waals surface area contributed by atoms with Crippen LogP contribution in [0.5, 0.6) is 0 Å². The third-order valence-corrected chi connectivity index (χ3v) is 3.58. The molecule has 2 aromatic rings. The Morgan fingerprint density at radius 1 is 1.62 bits per heavy atom.